The van der Waals surface area contributed by atoms with Crippen molar-refractivity contribution in [1.29, 1.82) is 0 Å². The molecule has 0 spiro atoms. The van der Waals surface area contributed by atoms with E-state index in [1.54, 1.807) is 12.1 Å². The predicted octanol–water partition coefficient (Wildman–Crippen LogP) is 2.30. The standard InChI is InChI=1S/C17H19NO3/c1-21-17(20)15-9-5-6-13(10-15)11-18-16(12-19)14-7-3-2-4-8-14/h2-10,16,18-19H,11-12H2,1H3. The zero-order valence-electron chi connectivity index (χ0n) is 12.0. The maximum Gasteiger partial charge on any atom is 0.337 e. The summed E-state index contributed by atoms with van der Waals surface area (Å²) in [6, 6.07) is 16.9. The number of ether oxygens (including phenoxy) is 1. The number of methoxy groups -OCH3 is 1. The number of nitrogens with one attached hydrogen (secondary N) is 1. The summed E-state index contributed by atoms with van der Waals surface area (Å²) in [5.74, 6) is -0.349. The van der Waals surface area contributed by atoms with Crippen molar-refractivity contribution >= 4 is 5.97 Å². The van der Waals surface area contributed by atoms with Crippen LogP contribution in [0.25, 0.3) is 0 Å². The van der Waals surface area contributed by atoms with Gasteiger partial charge >= 0.3 is 5.97 Å². The van der Waals surface area contributed by atoms with Gasteiger partial charge in [-0.15, -0.1) is 0 Å². The zero-order chi connectivity index (χ0) is 15.1. The highest BCUT2D eigenvalue weighted by Gasteiger charge is 2.10. The zero-order valence-corrected chi connectivity index (χ0v) is 12.0. The Morgan fingerprint density at radius 3 is 2.62 bits per heavy atom. The number of carbonyl (C=O) groups excluding carboxylic acids is 1. The summed E-state index contributed by atoms with van der Waals surface area (Å²) in [6.45, 7) is 0.575. The van der Waals surface area contributed by atoms with E-state index in [1.807, 2.05) is 42.5 Å². The minimum absolute atomic E-state index is 0.0146. The van der Waals surface area contributed by atoms with Crippen molar-refractivity contribution in [3.05, 3.63) is 71.3 Å². The predicted molar refractivity (Wildman–Crippen MR) is 80.9 cm³/mol. The Labute approximate surface area is 124 Å². The first-order valence-electron chi connectivity index (χ1n) is 6.81. The van der Waals surface area contributed by atoms with Crippen molar-refractivity contribution in [2.75, 3.05) is 13.7 Å². The minimum Gasteiger partial charge on any atom is -0.465 e. The van der Waals surface area contributed by atoms with E-state index in [-0.39, 0.29) is 18.6 Å². The summed E-state index contributed by atoms with van der Waals surface area (Å²) >= 11 is 0. The molecule has 0 saturated heterocycles. The maximum absolute atomic E-state index is 11.5. The highest BCUT2D eigenvalue weighted by molar-refractivity contribution is 5.89. The molecule has 4 heteroatoms. The number of aliphatic hydroxyl groups excluding tert-OH is 1. The molecule has 0 aromatic heterocycles. The normalized spacial score (nSPS) is 11.9. The molecule has 2 N–H and O–H groups in total. The summed E-state index contributed by atoms with van der Waals surface area (Å²) in [6.07, 6.45) is 0. The quantitative estimate of drug-likeness (QED) is 0.800. The van der Waals surface area contributed by atoms with Crippen LogP contribution in [0.5, 0.6) is 0 Å². The smallest absolute Gasteiger partial charge is 0.337 e. The van der Waals surface area contributed by atoms with Gasteiger partial charge in [0.2, 0.25) is 0 Å². The summed E-state index contributed by atoms with van der Waals surface area (Å²) in [4.78, 5) is 11.5. The Hall–Kier alpha value is -2.17. The molecule has 0 saturated carbocycles. The molecule has 1 unspecified atom stereocenters. The van der Waals surface area contributed by atoms with Gasteiger partial charge < -0.3 is 15.2 Å². The van der Waals surface area contributed by atoms with Crippen LogP contribution < -0.4 is 5.32 Å². The topological polar surface area (TPSA) is 58.6 Å². The van der Waals surface area contributed by atoms with E-state index in [0.29, 0.717) is 12.1 Å². The number of aliphatic hydroxyl groups is 1. The SMILES string of the molecule is COC(=O)c1cccc(CNC(CO)c2ccccc2)c1. The van der Waals surface area contributed by atoms with Crippen molar-refractivity contribution in [1.82, 2.24) is 5.32 Å². The number of carbonyl (C=O) groups is 1. The second-order valence-corrected chi connectivity index (χ2v) is 4.72. The van der Waals surface area contributed by atoms with Crippen LogP contribution in [0.2, 0.25) is 0 Å². The van der Waals surface area contributed by atoms with Gasteiger partial charge in [-0.2, -0.15) is 0 Å². The van der Waals surface area contributed by atoms with Gasteiger partial charge in [-0.1, -0.05) is 42.5 Å². The molecule has 0 aliphatic heterocycles. The number of hydrogen-bond acceptors (Lipinski definition) is 4. The van der Waals surface area contributed by atoms with Crippen LogP contribution in [0.3, 0.4) is 0 Å². The van der Waals surface area contributed by atoms with Crippen LogP contribution in [-0.4, -0.2) is 24.8 Å². The molecule has 0 heterocycles. The van der Waals surface area contributed by atoms with Crippen LogP contribution >= 0.6 is 0 Å². The van der Waals surface area contributed by atoms with E-state index in [9.17, 15) is 9.90 Å². The average molecular weight is 285 g/mol. The summed E-state index contributed by atoms with van der Waals surface area (Å²) in [5, 5.41) is 12.8. The number of rotatable bonds is 6. The fourth-order valence-corrected chi connectivity index (χ4v) is 2.14. The van der Waals surface area contributed by atoms with Gasteiger partial charge in [-0.25, -0.2) is 4.79 Å². The second kappa shape index (κ2) is 7.57. The third-order valence-corrected chi connectivity index (χ3v) is 3.29. The molecule has 0 amide bonds. The molecule has 0 aliphatic rings. The number of benzene rings is 2. The van der Waals surface area contributed by atoms with Gasteiger partial charge in [0.15, 0.2) is 0 Å². The summed E-state index contributed by atoms with van der Waals surface area (Å²) in [7, 11) is 1.37. The molecule has 0 aliphatic carbocycles. The van der Waals surface area contributed by atoms with Gasteiger partial charge in [-0.05, 0) is 23.3 Å². The monoisotopic (exact) mass is 285 g/mol. The van der Waals surface area contributed by atoms with E-state index < -0.39 is 0 Å². The summed E-state index contributed by atoms with van der Waals surface area (Å²) in [5.41, 5.74) is 2.52. The van der Waals surface area contributed by atoms with Gasteiger partial charge in [-0.3, -0.25) is 0 Å². The van der Waals surface area contributed by atoms with E-state index in [0.717, 1.165) is 11.1 Å². The third-order valence-electron chi connectivity index (χ3n) is 3.29. The molecule has 21 heavy (non-hydrogen) atoms. The fraction of sp³-hybridized carbons (Fsp3) is 0.235. The van der Waals surface area contributed by atoms with Crippen molar-refractivity contribution < 1.29 is 14.6 Å². The second-order valence-electron chi connectivity index (χ2n) is 4.72. The lowest BCUT2D eigenvalue weighted by atomic mass is 10.1. The van der Waals surface area contributed by atoms with Crippen molar-refractivity contribution in [3.63, 3.8) is 0 Å². The lowest BCUT2D eigenvalue weighted by molar-refractivity contribution is 0.0600. The van der Waals surface area contributed by atoms with Gasteiger partial charge in [0, 0.05) is 6.54 Å². The lowest BCUT2D eigenvalue weighted by Gasteiger charge is -2.17. The van der Waals surface area contributed by atoms with Crippen LogP contribution in [0.15, 0.2) is 54.6 Å². The Kier molecular flexibility index (Phi) is 5.49. The minimum atomic E-state index is -0.349. The van der Waals surface area contributed by atoms with Gasteiger partial charge in [0.1, 0.15) is 0 Å². The Morgan fingerprint density at radius 1 is 1.19 bits per heavy atom. The number of esters is 1. The first-order chi connectivity index (χ1) is 10.2. The lowest BCUT2D eigenvalue weighted by Crippen LogP contribution is -2.24. The molecule has 0 fully saturated rings. The van der Waals surface area contributed by atoms with E-state index in [2.05, 4.69) is 5.32 Å². The Morgan fingerprint density at radius 2 is 1.95 bits per heavy atom. The van der Waals surface area contributed by atoms with Crippen molar-refractivity contribution in [3.8, 4) is 0 Å². The molecule has 4 nitrogen and oxygen atoms in total. The van der Waals surface area contributed by atoms with Crippen molar-refractivity contribution in [2.24, 2.45) is 0 Å². The summed E-state index contributed by atoms with van der Waals surface area (Å²) < 4.78 is 4.71. The van der Waals surface area contributed by atoms with E-state index >= 15 is 0 Å². The molecule has 2 aromatic carbocycles. The molecule has 2 aromatic rings. The average Bonchev–Trinajstić information content (AvgIpc) is 2.56. The highest BCUT2D eigenvalue weighted by Crippen LogP contribution is 2.13. The first-order valence-corrected chi connectivity index (χ1v) is 6.81. The Bertz CT molecular complexity index is 584. The van der Waals surface area contributed by atoms with Crippen LogP contribution in [0.1, 0.15) is 27.5 Å². The molecular formula is C17H19NO3. The van der Waals surface area contributed by atoms with Gasteiger partial charge in [0.25, 0.3) is 0 Å². The number of hydrogen-bond donors (Lipinski definition) is 2. The largest absolute Gasteiger partial charge is 0.465 e. The van der Waals surface area contributed by atoms with E-state index in [1.165, 1.54) is 7.11 Å². The maximum atomic E-state index is 11.5. The third kappa shape index (κ3) is 4.15. The van der Waals surface area contributed by atoms with E-state index in [4.69, 9.17) is 4.74 Å². The Balaban J connectivity index is 2.03. The van der Waals surface area contributed by atoms with Crippen molar-refractivity contribution in [2.45, 2.75) is 12.6 Å². The molecule has 110 valence electrons. The first kappa shape index (κ1) is 15.2. The van der Waals surface area contributed by atoms with Crippen LogP contribution in [0, 0.1) is 0 Å². The molecule has 1 atom stereocenters. The molecule has 0 bridgehead atoms. The molecule has 0 radical (unpaired) electrons. The highest BCUT2D eigenvalue weighted by atomic mass is 16.5. The molecule has 2 rings (SSSR count). The van der Waals surface area contributed by atoms with Gasteiger partial charge in [0.05, 0.1) is 25.3 Å². The van der Waals surface area contributed by atoms with Crippen LogP contribution in [-0.2, 0) is 11.3 Å². The molecular weight excluding hydrogens is 266 g/mol. The fourth-order valence-electron chi connectivity index (χ4n) is 2.14. The van der Waals surface area contributed by atoms with Crippen LogP contribution in [0.4, 0.5) is 0 Å².